The van der Waals surface area contributed by atoms with Crippen molar-refractivity contribution in [3.05, 3.63) is 35.9 Å². The molecule has 2 unspecified atom stereocenters. The number of hydrogen-bond acceptors (Lipinski definition) is 3. The third-order valence-electron chi connectivity index (χ3n) is 3.85. The van der Waals surface area contributed by atoms with Crippen LogP contribution in [-0.2, 0) is 10.4 Å². The molecular formula is C16H26ClNO3. The zero-order valence-corrected chi connectivity index (χ0v) is 13.8. The fourth-order valence-corrected chi connectivity index (χ4v) is 2.76. The van der Waals surface area contributed by atoms with Crippen molar-refractivity contribution in [1.82, 2.24) is 4.90 Å². The molecular weight excluding hydrogens is 290 g/mol. The van der Waals surface area contributed by atoms with Gasteiger partial charge in [0, 0.05) is 25.9 Å². The molecule has 120 valence electrons. The van der Waals surface area contributed by atoms with Crippen LogP contribution in [0.3, 0.4) is 0 Å². The van der Waals surface area contributed by atoms with Crippen molar-refractivity contribution in [3.8, 4) is 0 Å². The van der Waals surface area contributed by atoms with Crippen LogP contribution in [0.5, 0.6) is 0 Å². The highest BCUT2D eigenvalue weighted by Gasteiger charge is 2.40. The molecule has 1 aromatic carbocycles. The van der Waals surface area contributed by atoms with Crippen molar-refractivity contribution >= 4 is 18.4 Å². The minimum atomic E-state index is -0.833. The molecule has 1 aromatic rings. The first kappa shape index (κ1) is 19.9. The van der Waals surface area contributed by atoms with Gasteiger partial charge in [-0.05, 0) is 25.5 Å². The second-order valence-electron chi connectivity index (χ2n) is 5.43. The van der Waals surface area contributed by atoms with E-state index in [-0.39, 0.29) is 12.4 Å². The molecule has 5 heteroatoms. The predicted molar refractivity (Wildman–Crippen MR) is 86.8 cm³/mol. The third kappa shape index (κ3) is 5.65. The Kier molecular flexibility index (Phi) is 8.55. The first-order chi connectivity index (χ1) is 9.40. The molecule has 2 N–H and O–H groups in total. The summed E-state index contributed by atoms with van der Waals surface area (Å²) in [6, 6.07) is 10.1. The molecule has 1 fully saturated rings. The van der Waals surface area contributed by atoms with Gasteiger partial charge < -0.3 is 15.1 Å². The van der Waals surface area contributed by atoms with Gasteiger partial charge in [-0.3, -0.25) is 4.79 Å². The lowest BCUT2D eigenvalue weighted by Crippen LogP contribution is -2.48. The second-order valence-corrected chi connectivity index (χ2v) is 5.43. The third-order valence-corrected chi connectivity index (χ3v) is 3.85. The van der Waals surface area contributed by atoms with Gasteiger partial charge in [-0.25, -0.2) is 0 Å². The number of halogens is 1. The van der Waals surface area contributed by atoms with E-state index < -0.39 is 11.6 Å². The number of rotatable bonds is 2. The molecule has 0 saturated carbocycles. The van der Waals surface area contributed by atoms with Crippen molar-refractivity contribution < 1.29 is 15.0 Å². The van der Waals surface area contributed by atoms with E-state index in [1.54, 1.807) is 0 Å². The van der Waals surface area contributed by atoms with Gasteiger partial charge in [0.25, 0.3) is 5.97 Å². The van der Waals surface area contributed by atoms with Gasteiger partial charge >= 0.3 is 0 Å². The van der Waals surface area contributed by atoms with Crippen LogP contribution in [0.4, 0.5) is 0 Å². The standard InChI is InChI=1S/C14H21NO.C2H4O2.ClH/c1-3-12-11-15(2)10-9-14(12,16)13-7-5-4-6-8-13;1-2(3)4;/h4-8,12,16H,3,9-11H2,1-2H3;1H3,(H,3,4);1H. The Bertz CT molecular complexity index is 423. The molecule has 2 rings (SSSR count). The van der Waals surface area contributed by atoms with E-state index in [0.29, 0.717) is 5.92 Å². The van der Waals surface area contributed by atoms with Crippen LogP contribution in [-0.4, -0.2) is 41.2 Å². The van der Waals surface area contributed by atoms with Crippen LogP contribution in [0.15, 0.2) is 30.3 Å². The number of aliphatic carboxylic acids is 1. The molecule has 1 heterocycles. The molecule has 1 saturated heterocycles. The first-order valence-corrected chi connectivity index (χ1v) is 7.06. The summed E-state index contributed by atoms with van der Waals surface area (Å²) in [6.45, 7) is 5.21. The minimum Gasteiger partial charge on any atom is -0.481 e. The van der Waals surface area contributed by atoms with Crippen molar-refractivity contribution in [2.45, 2.75) is 32.3 Å². The maximum atomic E-state index is 10.9. The highest BCUT2D eigenvalue weighted by molar-refractivity contribution is 5.85. The lowest BCUT2D eigenvalue weighted by Gasteiger charge is -2.43. The number of piperidine rings is 1. The van der Waals surface area contributed by atoms with E-state index in [2.05, 4.69) is 18.9 Å². The quantitative estimate of drug-likeness (QED) is 0.881. The van der Waals surface area contributed by atoms with Gasteiger partial charge in [0.05, 0.1) is 5.60 Å². The van der Waals surface area contributed by atoms with Gasteiger partial charge in [-0.15, -0.1) is 12.4 Å². The molecule has 1 aliphatic rings. The largest absolute Gasteiger partial charge is 0.481 e. The zero-order chi connectivity index (χ0) is 15.2. The normalized spacial score (nSPS) is 25.2. The Morgan fingerprint density at radius 2 is 1.90 bits per heavy atom. The molecule has 0 aliphatic carbocycles. The Labute approximate surface area is 133 Å². The lowest BCUT2D eigenvalue weighted by atomic mass is 9.75. The topological polar surface area (TPSA) is 60.8 Å². The molecule has 0 aromatic heterocycles. The fourth-order valence-electron chi connectivity index (χ4n) is 2.76. The second kappa shape index (κ2) is 9.03. The highest BCUT2D eigenvalue weighted by atomic mass is 35.5. The average Bonchev–Trinajstić information content (AvgIpc) is 2.42. The molecule has 4 nitrogen and oxygen atoms in total. The number of carboxylic acids is 1. The van der Waals surface area contributed by atoms with Gasteiger partial charge in [0.1, 0.15) is 0 Å². The summed E-state index contributed by atoms with van der Waals surface area (Å²) in [4.78, 5) is 11.3. The van der Waals surface area contributed by atoms with E-state index in [0.717, 1.165) is 38.4 Å². The van der Waals surface area contributed by atoms with Crippen molar-refractivity contribution in [2.75, 3.05) is 20.1 Å². The van der Waals surface area contributed by atoms with E-state index >= 15 is 0 Å². The number of carboxylic acid groups (broad SMARTS) is 1. The fraction of sp³-hybridized carbons (Fsp3) is 0.562. The van der Waals surface area contributed by atoms with Gasteiger partial charge in [-0.2, -0.15) is 0 Å². The molecule has 0 amide bonds. The van der Waals surface area contributed by atoms with Crippen LogP contribution >= 0.6 is 12.4 Å². The van der Waals surface area contributed by atoms with Gasteiger partial charge in [-0.1, -0.05) is 37.3 Å². The molecule has 0 bridgehead atoms. The summed E-state index contributed by atoms with van der Waals surface area (Å²) in [5, 5.41) is 18.3. The summed E-state index contributed by atoms with van der Waals surface area (Å²) in [5.41, 5.74) is 0.456. The van der Waals surface area contributed by atoms with Crippen LogP contribution in [0.25, 0.3) is 0 Å². The predicted octanol–water partition coefficient (Wildman–Crippen LogP) is 2.75. The monoisotopic (exact) mass is 315 g/mol. The molecule has 0 radical (unpaired) electrons. The SMILES string of the molecule is CC(=O)O.CCC1CN(C)CCC1(O)c1ccccc1.Cl. The lowest BCUT2D eigenvalue weighted by molar-refractivity contribution is -0.134. The Morgan fingerprint density at radius 3 is 2.38 bits per heavy atom. The van der Waals surface area contributed by atoms with Crippen molar-refractivity contribution in [3.63, 3.8) is 0 Å². The summed E-state index contributed by atoms with van der Waals surface area (Å²) in [5.74, 6) is -0.492. The summed E-state index contributed by atoms with van der Waals surface area (Å²) in [6.07, 6.45) is 1.86. The number of benzene rings is 1. The summed E-state index contributed by atoms with van der Waals surface area (Å²) in [7, 11) is 2.13. The van der Waals surface area contributed by atoms with Gasteiger partial charge in [0.15, 0.2) is 0 Å². The highest BCUT2D eigenvalue weighted by Crippen LogP contribution is 2.38. The van der Waals surface area contributed by atoms with E-state index in [4.69, 9.17) is 9.90 Å². The number of aliphatic hydroxyl groups is 1. The minimum absolute atomic E-state index is 0. The van der Waals surface area contributed by atoms with Crippen molar-refractivity contribution in [1.29, 1.82) is 0 Å². The zero-order valence-electron chi connectivity index (χ0n) is 13.0. The van der Waals surface area contributed by atoms with E-state index in [9.17, 15) is 5.11 Å². The van der Waals surface area contributed by atoms with Crippen LogP contribution < -0.4 is 0 Å². The van der Waals surface area contributed by atoms with E-state index in [1.165, 1.54) is 0 Å². The van der Waals surface area contributed by atoms with Gasteiger partial charge in [0.2, 0.25) is 0 Å². The summed E-state index contributed by atoms with van der Waals surface area (Å²) >= 11 is 0. The smallest absolute Gasteiger partial charge is 0.300 e. The number of hydrogen-bond donors (Lipinski definition) is 2. The average molecular weight is 316 g/mol. The molecule has 21 heavy (non-hydrogen) atoms. The summed E-state index contributed by atoms with van der Waals surface area (Å²) < 4.78 is 0. The first-order valence-electron chi connectivity index (χ1n) is 7.06. The maximum Gasteiger partial charge on any atom is 0.300 e. The number of carbonyl (C=O) groups is 1. The Hall–Kier alpha value is -1.10. The van der Waals surface area contributed by atoms with Crippen LogP contribution in [0.1, 0.15) is 32.3 Å². The Morgan fingerprint density at radius 1 is 1.38 bits per heavy atom. The molecule has 2 atom stereocenters. The van der Waals surface area contributed by atoms with Crippen molar-refractivity contribution in [2.24, 2.45) is 5.92 Å². The molecule has 0 spiro atoms. The van der Waals surface area contributed by atoms with E-state index in [1.807, 2.05) is 30.3 Å². The van der Waals surface area contributed by atoms with Crippen LogP contribution in [0, 0.1) is 5.92 Å². The molecule has 1 aliphatic heterocycles. The maximum absolute atomic E-state index is 10.9. The van der Waals surface area contributed by atoms with Crippen LogP contribution in [0.2, 0.25) is 0 Å². The number of likely N-dealkylation sites (tertiary alicyclic amines) is 1. The number of nitrogens with zero attached hydrogens (tertiary/aromatic N) is 1. The Balaban J connectivity index is 0.000000715.